The smallest absolute Gasteiger partial charge is 0.269 e. The minimum absolute atomic E-state index is 0.00130. The lowest BCUT2D eigenvalue weighted by atomic mass is 10.2. The highest BCUT2D eigenvalue weighted by Gasteiger charge is 2.09. The van der Waals surface area contributed by atoms with Crippen LogP contribution < -0.4 is 4.74 Å². The molecule has 0 saturated carbocycles. The molecule has 0 aliphatic heterocycles. The molecule has 0 aliphatic carbocycles. The Kier molecular flexibility index (Phi) is 4.77. The Bertz CT molecular complexity index is 752. The van der Waals surface area contributed by atoms with Gasteiger partial charge >= 0.3 is 0 Å². The summed E-state index contributed by atoms with van der Waals surface area (Å²) in [6.45, 7) is 1.61. The standard InChI is InChI=1S/C15H15NO5S/c1-2-22(19,20)11-12-3-7-14(8-4-12)21-15-9-5-13(6-10-15)16(17)18/h3-10H,2,11H2,1H3. The number of non-ortho nitro benzene ring substituents is 1. The molecule has 0 radical (unpaired) electrons. The average molecular weight is 321 g/mol. The lowest BCUT2D eigenvalue weighted by molar-refractivity contribution is -0.384. The predicted molar refractivity (Wildman–Crippen MR) is 82.8 cm³/mol. The molecule has 7 heteroatoms. The summed E-state index contributed by atoms with van der Waals surface area (Å²) in [7, 11) is -3.06. The van der Waals surface area contributed by atoms with Crippen molar-refractivity contribution >= 4 is 15.5 Å². The number of rotatable bonds is 6. The van der Waals surface area contributed by atoms with Crippen LogP contribution in [0, 0.1) is 10.1 Å². The van der Waals surface area contributed by atoms with Crippen molar-refractivity contribution in [1.29, 1.82) is 0 Å². The van der Waals surface area contributed by atoms with Gasteiger partial charge in [-0.15, -0.1) is 0 Å². The second kappa shape index (κ2) is 6.57. The first kappa shape index (κ1) is 16.0. The van der Waals surface area contributed by atoms with Gasteiger partial charge in [0.15, 0.2) is 9.84 Å². The summed E-state index contributed by atoms with van der Waals surface area (Å²) in [4.78, 5) is 10.1. The van der Waals surface area contributed by atoms with E-state index in [4.69, 9.17) is 4.74 Å². The van der Waals surface area contributed by atoms with E-state index >= 15 is 0 Å². The molecule has 116 valence electrons. The fourth-order valence-electron chi connectivity index (χ4n) is 1.78. The lowest BCUT2D eigenvalue weighted by Gasteiger charge is -2.07. The first-order valence-electron chi connectivity index (χ1n) is 6.61. The van der Waals surface area contributed by atoms with E-state index in [9.17, 15) is 18.5 Å². The normalized spacial score (nSPS) is 11.1. The Balaban J connectivity index is 2.06. The fourth-order valence-corrected chi connectivity index (χ4v) is 2.69. The zero-order chi connectivity index (χ0) is 16.2. The molecule has 0 amide bonds. The third kappa shape index (κ3) is 4.29. The summed E-state index contributed by atoms with van der Waals surface area (Å²) in [5, 5.41) is 10.6. The summed E-state index contributed by atoms with van der Waals surface area (Å²) < 4.78 is 28.6. The largest absolute Gasteiger partial charge is 0.457 e. The highest BCUT2D eigenvalue weighted by molar-refractivity contribution is 7.90. The molecule has 6 nitrogen and oxygen atoms in total. The van der Waals surface area contributed by atoms with E-state index in [2.05, 4.69) is 0 Å². The number of nitrogens with zero attached hydrogens (tertiary/aromatic N) is 1. The summed E-state index contributed by atoms with van der Waals surface area (Å²) in [6.07, 6.45) is 0. The van der Waals surface area contributed by atoms with Crippen molar-refractivity contribution in [2.45, 2.75) is 12.7 Å². The van der Waals surface area contributed by atoms with E-state index in [-0.39, 0.29) is 17.2 Å². The Morgan fingerprint density at radius 2 is 1.50 bits per heavy atom. The molecule has 0 heterocycles. The molecular formula is C15H15NO5S. The maximum atomic E-state index is 11.5. The number of hydrogen-bond acceptors (Lipinski definition) is 5. The van der Waals surface area contributed by atoms with Gasteiger partial charge in [0.1, 0.15) is 11.5 Å². The van der Waals surface area contributed by atoms with Gasteiger partial charge in [0.25, 0.3) is 5.69 Å². The van der Waals surface area contributed by atoms with Crippen LogP contribution in [0.25, 0.3) is 0 Å². The highest BCUT2D eigenvalue weighted by Crippen LogP contribution is 2.24. The van der Waals surface area contributed by atoms with Gasteiger partial charge in [0, 0.05) is 17.9 Å². The second-order valence-corrected chi connectivity index (χ2v) is 7.03. The first-order chi connectivity index (χ1) is 10.4. The van der Waals surface area contributed by atoms with Crippen LogP contribution in [-0.4, -0.2) is 19.1 Å². The maximum Gasteiger partial charge on any atom is 0.269 e. The van der Waals surface area contributed by atoms with Crippen molar-refractivity contribution in [3.05, 3.63) is 64.2 Å². The Morgan fingerprint density at radius 1 is 1.00 bits per heavy atom. The van der Waals surface area contributed by atoms with Crippen LogP contribution in [0.4, 0.5) is 5.69 Å². The topological polar surface area (TPSA) is 86.5 Å². The van der Waals surface area contributed by atoms with Crippen LogP contribution in [0.3, 0.4) is 0 Å². The SMILES string of the molecule is CCS(=O)(=O)Cc1ccc(Oc2ccc([N+](=O)[O-])cc2)cc1. The predicted octanol–water partition coefficient (Wildman–Crippen LogP) is 3.32. The van der Waals surface area contributed by atoms with Gasteiger partial charge < -0.3 is 4.74 Å². The molecule has 2 aromatic carbocycles. The van der Waals surface area contributed by atoms with Crippen molar-refractivity contribution in [2.24, 2.45) is 0 Å². The summed E-state index contributed by atoms with van der Waals surface area (Å²) >= 11 is 0. The molecule has 0 atom stereocenters. The average Bonchev–Trinajstić information content (AvgIpc) is 2.49. The molecule has 2 rings (SSSR count). The van der Waals surface area contributed by atoms with Crippen molar-refractivity contribution in [3.8, 4) is 11.5 Å². The van der Waals surface area contributed by atoms with Crippen LogP contribution in [-0.2, 0) is 15.6 Å². The molecule has 0 aromatic heterocycles. The lowest BCUT2D eigenvalue weighted by Crippen LogP contribution is -2.06. The molecule has 0 saturated heterocycles. The summed E-state index contributed by atoms with van der Waals surface area (Å²) in [5.41, 5.74) is 0.686. The third-order valence-corrected chi connectivity index (χ3v) is 4.69. The van der Waals surface area contributed by atoms with Crippen LogP contribution in [0.15, 0.2) is 48.5 Å². The zero-order valence-electron chi connectivity index (χ0n) is 11.9. The minimum atomic E-state index is -3.06. The van der Waals surface area contributed by atoms with Gasteiger partial charge in [-0.25, -0.2) is 8.42 Å². The summed E-state index contributed by atoms with van der Waals surface area (Å²) in [5.74, 6) is 1.11. The molecule has 0 fully saturated rings. The molecule has 0 spiro atoms. The van der Waals surface area contributed by atoms with Crippen molar-refractivity contribution in [3.63, 3.8) is 0 Å². The first-order valence-corrected chi connectivity index (χ1v) is 8.43. The van der Waals surface area contributed by atoms with Crippen LogP contribution in [0.1, 0.15) is 12.5 Å². The quantitative estimate of drug-likeness (QED) is 0.601. The second-order valence-electron chi connectivity index (χ2n) is 4.67. The van der Waals surface area contributed by atoms with E-state index in [1.807, 2.05) is 0 Å². The number of nitro groups is 1. The Morgan fingerprint density at radius 3 is 1.95 bits per heavy atom. The van der Waals surface area contributed by atoms with Crippen molar-refractivity contribution in [2.75, 3.05) is 5.75 Å². The van der Waals surface area contributed by atoms with E-state index in [1.54, 1.807) is 31.2 Å². The van der Waals surface area contributed by atoms with E-state index in [0.717, 1.165) is 0 Å². The number of benzene rings is 2. The van der Waals surface area contributed by atoms with E-state index in [0.29, 0.717) is 17.1 Å². The molecule has 2 aromatic rings. The number of hydrogen-bond donors (Lipinski definition) is 0. The fraction of sp³-hybridized carbons (Fsp3) is 0.200. The minimum Gasteiger partial charge on any atom is -0.457 e. The molecule has 0 aliphatic rings. The molecular weight excluding hydrogens is 306 g/mol. The van der Waals surface area contributed by atoms with Gasteiger partial charge in [0.2, 0.25) is 0 Å². The van der Waals surface area contributed by atoms with Gasteiger partial charge in [-0.1, -0.05) is 19.1 Å². The highest BCUT2D eigenvalue weighted by atomic mass is 32.2. The molecule has 0 bridgehead atoms. The van der Waals surface area contributed by atoms with E-state index < -0.39 is 14.8 Å². The van der Waals surface area contributed by atoms with Gasteiger partial charge in [-0.3, -0.25) is 10.1 Å². The Hall–Kier alpha value is -2.41. The maximum absolute atomic E-state index is 11.5. The zero-order valence-corrected chi connectivity index (χ0v) is 12.7. The van der Waals surface area contributed by atoms with Crippen LogP contribution in [0.5, 0.6) is 11.5 Å². The number of sulfone groups is 1. The van der Waals surface area contributed by atoms with E-state index in [1.165, 1.54) is 24.3 Å². The van der Waals surface area contributed by atoms with Crippen molar-refractivity contribution in [1.82, 2.24) is 0 Å². The summed E-state index contributed by atoms with van der Waals surface area (Å²) in [6, 6.07) is 12.4. The van der Waals surface area contributed by atoms with Gasteiger partial charge in [-0.05, 0) is 29.8 Å². The van der Waals surface area contributed by atoms with Gasteiger partial charge in [0.05, 0.1) is 10.7 Å². The van der Waals surface area contributed by atoms with Crippen LogP contribution >= 0.6 is 0 Å². The molecule has 0 N–H and O–H groups in total. The molecule has 22 heavy (non-hydrogen) atoms. The van der Waals surface area contributed by atoms with Crippen molar-refractivity contribution < 1.29 is 18.1 Å². The Labute approximate surface area is 128 Å². The van der Waals surface area contributed by atoms with Crippen LogP contribution in [0.2, 0.25) is 0 Å². The molecule has 0 unspecified atom stereocenters. The third-order valence-electron chi connectivity index (χ3n) is 3.03. The number of ether oxygens (including phenoxy) is 1. The van der Waals surface area contributed by atoms with Gasteiger partial charge in [-0.2, -0.15) is 0 Å². The monoisotopic (exact) mass is 321 g/mol. The number of nitro benzene ring substituents is 1.